The third kappa shape index (κ3) is 4.83. The second kappa shape index (κ2) is 7.87. The molecule has 1 aromatic carbocycles. The van der Waals surface area contributed by atoms with Gasteiger partial charge in [0, 0.05) is 5.02 Å². The molecule has 0 saturated heterocycles. The van der Waals surface area contributed by atoms with Crippen LogP contribution in [0.3, 0.4) is 0 Å². The number of carbonyl (C=O) groups is 2. The van der Waals surface area contributed by atoms with E-state index < -0.39 is 0 Å². The Morgan fingerprint density at radius 1 is 1.25 bits per heavy atom. The SMILES string of the molecule is CC(C)C(NC(=O)CNC(=O)CN)c1ccccc1Cl. The van der Waals surface area contributed by atoms with Crippen molar-refractivity contribution in [1.82, 2.24) is 10.6 Å². The van der Waals surface area contributed by atoms with Gasteiger partial charge in [0.25, 0.3) is 0 Å². The molecule has 1 unspecified atom stereocenters. The van der Waals surface area contributed by atoms with Crippen LogP contribution in [0, 0.1) is 5.92 Å². The lowest BCUT2D eigenvalue weighted by atomic mass is 9.96. The monoisotopic (exact) mass is 297 g/mol. The van der Waals surface area contributed by atoms with E-state index in [1.165, 1.54) is 0 Å². The molecule has 20 heavy (non-hydrogen) atoms. The normalized spacial score (nSPS) is 12.1. The average molecular weight is 298 g/mol. The number of carbonyl (C=O) groups excluding carboxylic acids is 2. The Morgan fingerprint density at radius 3 is 2.45 bits per heavy atom. The summed E-state index contributed by atoms with van der Waals surface area (Å²) in [4.78, 5) is 22.9. The molecule has 2 amide bonds. The van der Waals surface area contributed by atoms with E-state index in [2.05, 4.69) is 10.6 Å². The molecule has 0 aliphatic rings. The number of nitrogens with two attached hydrogens (primary N) is 1. The zero-order valence-electron chi connectivity index (χ0n) is 11.7. The fourth-order valence-electron chi connectivity index (χ4n) is 1.81. The number of amides is 2. The molecular formula is C14H20ClN3O2. The van der Waals surface area contributed by atoms with Crippen LogP contribution in [0.25, 0.3) is 0 Å². The Labute approximate surface area is 123 Å². The summed E-state index contributed by atoms with van der Waals surface area (Å²) in [7, 11) is 0. The predicted molar refractivity (Wildman–Crippen MR) is 79.2 cm³/mol. The van der Waals surface area contributed by atoms with Crippen LogP contribution in [-0.4, -0.2) is 24.9 Å². The molecule has 1 atom stereocenters. The minimum absolute atomic E-state index is 0.0935. The number of nitrogens with one attached hydrogen (secondary N) is 2. The summed E-state index contributed by atoms with van der Waals surface area (Å²) in [6, 6.07) is 7.18. The first kappa shape index (κ1) is 16.5. The van der Waals surface area contributed by atoms with E-state index in [9.17, 15) is 9.59 Å². The fourth-order valence-corrected chi connectivity index (χ4v) is 2.06. The Bertz CT molecular complexity index is 477. The zero-order valence-corrected chi connectivity index (χ0v) is 12.4. The number of rotatable bonds is 6. The highest BCUT2D eigenvalue weighted by Gasteiger charge is 2.20. The molecule has 110 valence electrons. The van der Waals surface area contributed by atoms with Gasteiger partial charge in [0.15, 0.2) is 0 Å². The van der Waals surface area contributed by atoms with Crippen molar-refractivity contribution in [3.05, 3.63) is 34.9 Å². The summed E-state index contributed by atoms with van der Waals surface area (Å²) < 4.78 is 0. The molecule has 0 radical (unpaired) electrons. The number of benzene rings is 1. The molecule has 0 heterocycles. The molecule has 0 spiro atoms. The third-order valence-electron chi connectivity index (χ3n) is 2.85. The molecule has 1 rings (SSSR count). The summed E-state index contributed by atoms with van der Waals surface area (Å²) in [6.07, 6.45) is 0. The molecule has 0 bridgehead atoms. The molecule has 0 saturated carbocycles. The molecule has 0 aromatic heterocycles. The van der Waals surface area contributed by atoms with Gasteiger partial charge >= 0.3 is 0 Å². The van der Waals surface area contributed by atoms with Gasteiger partial charge in [0.2, 0.25) is 11.8 Å². The zero-order chi connectivity index (χ0) is 15.1. The van der Waals surface area contributed by atoms with Crippen LogP contribution < -0.4 is 16.4 Å². The fraction of sp³-hybridized carbons (Fsp3) is 0.429. The van der Waals surface area contributed by atoms with Crippen molar-refractivity contribution in [2.45, 2.75) is 19.9 Å². The van der Waals surface area contributed by atoms with Crippen LogP contribution in [0.5, 0.6) is 0 Å². The maximum Gasteiger partial charge on any atom is 0.239 e. The topological polar surface area (TPSA) is 84.2 Å². The van der Waals surface area contributed by atoms with Crippen LogP contribution in [-0.2, 0) is 9.59 Å². The molecule has 0 aliphatic carbocycles. The van der Waals surface area contributed by atoms with Gasteiger partial charge in [-0.15, -0.1) is 0 Å². The average Bonchev–Trinajstić information content (AvgIpc) is 2.42. The van der Waals surface area contributed by atoms with Crippen LogP contribution in [0.2, 0.25) is 5.02 Å². The van der Waals surface area contributed by atoms with E-state index in [4.69, 9.17) is 17.3 Å². The molecule has 5 nitrogen and oxygen atoms in total. The van der Waals surface area contributed by atoms with Crippen molar-refractivity contribution in [2.75, 3.05) is 13.1 Å². The molecule has 4 N–H and O–H groups in total. The summed E-state index contributed by atoms with van der Waals surface area (Å²) in [5.41, 5.74) is 6.02. The Kier molecular flexibility index (Phi) is 6.48. The van der Waals surface area contributed by atoms with Crippen molar-refractivity contribution in [3.8, 4) is 0 Å². The van der Waals surface area contributed by atoms with E-state index in [1.54, 1.807) is 6.07 Å². The van der Waals surface area contributed by atoms with Gasteiger partial charge in [0.1, 0.15) is 0 Å². The molecule has 1 aromatic rings. The molecule has 0 fully saturated rings. The van der Waals surface area contributed by atoms with Crippen LogP contribution >= 0.6 is 11.6 Å². The Morgan fingerprint density at radius 2 is 1.90 bits per heavy atom. The van der Waals surface area contributed by atoms with Crippen molar-refractivity contribution < 1.29 is 9.59 Å². The van der Waals surface area contributed by atoms with E-state index in [1.807, 2.05) is 32.0 Å². The second-order valence-electron chi connectivity index (χ2n) is 4.79. The van der Waals surface area contributed by atoms with Gasteiger partial charge in [-0.2, -0.15) is 0 Å². The number of halogens is 1. The minimum Gasteiger partial charge on any atom is -0.347 e. The van der Waals surface area contributed by atoms with Crippen LogP contribution in [0.15, 0.2) is 24.3 Å². The van der Waals surface area contributed by atoms with E-state index >= 15 is 0 Å². The van der Waals surface area contributed by atoms with Crippen molar-refractivity contribution in [1.29, 1.82) is 0 Å². The number of hydrogen-bond donors (Lipinski definition) is 3. The van der Waals surface area contributed by atoms with Crippen molar-refractivity contribution in [3.63, 3.8) is 0 Å². The van der Waals surface area contributed by atoms with Gasteiger partial charge in [-0.3, -0.25) is 9.59 Å². The molecule has 0 aliphatic heterocycles. The van der Waals surface area contributed by atoms with Crippen LogP contribution in [0.1, 0.15) is 25.5 Å². The van der Waals surface area contributed by atoms with Gasteiger partial charge in [-0.05, 0) is 17.5 Å². The summed E-state index contributed by atoms with van der Waals surface area (Å²) in [5, 5.41) is 5.92. The van der Waals surface area contributed by atoms with Gasteiger partial charge in [-0.1, -0.05) is 43.6 Å². The largest absolute Gasteiger partial charge is 0.347 e. The first-order valence-corrected chi connectivity index (χ1v) is 6.84. The lowest BCUT2D eigenvalue weighted by Crippen LogP contribution is -2.41. The summed E-state index contributed by atoms with van der Waals surface area (Å²) >= 11 is 6.16. The Hall–Kier alpha value is -1.59. The highest BCUT2D eigenvalue weighted by Crippen LogP contribution is 2.27. The quantitative estimate of drug-likeness (QED) is 0.738. The Balaban J connectivity index is 2.71. The van der Waals surface area contributed by atoms with E-state index in [-0.39, 0.29) is 36.9 Å². The summed E-state index contributed by atoms with van der Waals surface area (Å²) in [5.74, 6) is -0.464. The van der Waals surface area contributed by atoms with Crippen molar-refractivity contribution >= 4 is 23.4 Å². The second-order valence-corrected chi connectivity index (χ2v) is 5.20. The highest BCUT2D eigenvalue weighted by atomic mass is 35.5. The maximum atomic E-state index is 11.9. The maximum absolute atomic E-state index is 11.9. The lowest BCUT2D eigenvalue weighted by molar-refractivity contribution is -0.126. The first-order chi connectivity index (χ1) is 9.45. The van der Waals surface area contributed by atoms with Gasteiger partial charge in [0.05, 0.1) is 19.1 Å². The summed E-state index contributed by atoms with van der Waals surface area (Å²) in [6.45, 7) is 3.76. The highest BCUT2D eigenvalue weighted by molar-refractivity contribution is 6.31. The van der Waals surface area contributed by atoms with E-state index in [0.717, 1.165) is 5.56 Å². The van der Waals surface area contributed by atoms with Crippen LogP contribution in [0.4, 0.5) is 0 Å². The standard InChI is InChI=1S/C14H20ClN3O2/c1-9(2)14(10-5-3-4-6-11(10)15)18-13(20)8-17-12(19)7-16/h3-6,9,14H,7-8,16H2,1-2H3,(H,17,19)(H,18,20). The molecular weight excluding hydrogens is 278 g/mol. The van der Waals surface area contributed by atoms with Gasteiger partial charge < -0.3 is 16.4 Å². The molecule has 6 heteroatoms. The number of hydrogen-bond acceptors (Lipinski definition) is 3. The first-order valence-electron chi connectivity index (χ1n) is 6.46. The van der Waals surface area contributed by atoms with Crippen molar-refractivity contribution in [2.24, 2.45) is 11.7 Å². The third-order valence-corrected chi connectivity index (χ3v) is 3.20. The predicted octanol–water partition coefficient (Wildman–Crippen LogP) is 1.23. The lowest BCUT2D eigenvalue weighted by Gasteiger charge is -2.24. The van der Waals surface area contributed by atoms with Gasteiger partial charge in [-0.25, -0.2) is 0 Å². The van der Waals surface area contributed by atoms with E-state index in [0.29, 0.717) is 5.02 Å². The minimum atomic E-state index is -0.362. The smallest absolute Gasteiger partial charge is 0.239 e.